The number of benzene rings is 1. The number of nitrogens with zero attached hydrogens (tertiary/aromatic N) is 2. The topological polar surface area (TPSA) is 129 Å². The monoisotopic (exact) mass is 328 g/mol. The molecule has 1 aromatic heterocycles. The largest absolute Gasteiger partial charge is 0.444 e. The van der Waals surface area contributed by atoms with Crippen molar-refractivity contribution in [2.45, 2.75) is 32.9 Å². The molecular weight excluding hydrogens is 308 g/mol. The molecule has 0 spiro atoms. The minimum atomic E-state index is -0.526. The summed E-state index contributed by atoms with van der Waals surface area (Å²) in [6.07, 6.45) is -0.463. The van der Waals surface area contributed by atoms with Crippen LogP contribution in [0.25, 0.3) is 0 Å². The van der Waals surface area contributed by atoms with Gasteiger partial charge in [0.05, 0.1) is 0 Å². The fourth-order valence-corrected chi connectivity index (χ4v) is 1.89. The fraction of sp³-hybridized carbons (Fsp3) is 0.312. The maximum absolute atomic E-state index is 11.6. The molecule has 8 heteroatoms. The molecule has 1 aromatic carbocycles. The van der Waals surface area contributed by atoms with Crippen molar-refractivity contribution in [2.24, 2.45) is 0 Å². The molecule has 2 rings (SSSR count). The molecular formula is C16H20N6O2. The van der Waals surface area contributed by atoms with Gasteiger partial charge in [0, 0.05) is 12.2 Å². The Morgan fingerprint density at radius 3 is 2.62 bits per heavy atom. The summed E-state index contributed by atoms with van der Waals surface area (Å²) in [6, 6.07) is 9.32. The summed E-state index contributed by atoms with van der Waals surface area (Å²) in [5.74, 6) is 0.591. The maximum atomic E-state index is 11.6. The van der Waals surface area contributed by atoms with E-state index in [9.17, 15) is 4.79 Å². The molecule has 0 radical (unpaired) electrons. The van der Waals surface area contributed by atoms with Crippen molar-refractivity contribution < 1.29 is 9.53 Å². The Labute approximate surface area is 140 Å². The number of aromatic amines is 1. The average Bonchev–Trinajstić information content (AvgIpc) is 2.85. The highest BCUT2D eigenvalue weighted by atomic mass is 16.6. The van der Waals surface area contributed by atoms with Crippen LogP contribution in [0.1, 0.15) is 31.9 Å². The smallest absolute Gasteiger partial charge is 0.407 e. The summed E-state index contributed by atoms with van der Waals surface area (Å²) < 4.78 is 5.17. The average molecular weight is 328 g/mol. The molecule has 0 saturated carbocycles. The first-order valence-electron chi connectivity index (χ1n) is 7.35. The number of nitrogens with one attached hydrogen (secondary N) is 3. The van der Waals surface area contributed by atoms with Gasteiger partial charge in [-0.25, -0.2) is 4.79 Å². The van der Waals surface area contributed by atoms with Crippen LogP contribution >= 0.6 is 0 Å². The Morgan fingerprint density at radius 2 is 2.04 bits per heavy atom. The second-order valence-corrected chi connectivity index (χ2v) is 6.15. The normalized spacial score (nSPS) is 10.8. The SMILES string of the molecule is CC(C)(C)OC(=O)NCc1ccc(Nc2n[nH]c(N)c2C#N)cc1. The number of nitrogens with two attached hydrogens (primary N) is 1. The van der Waals surface area contributed by atoms with Crippen molar-refractivity contribution >= 4 is 23.4 Å². The van der Waals surface area contributed by atoms with Crippen LogP contribution in [0.4, 0.5) is 22.1 Å². The highest BCUT2D eigenvalue weighted by molar-refractivity contribution is 5.69. The molecule has 0 fully saturated rings. The molecule has 0 unspecified atom stereocenters. The number of aromatic nitrogens is 2. The van der Waals surface area contributed by atoms with Crippen molar-refractivity contribution in [3.63, 3.8) is 0 Å². The number of ether oxygens (including phenoxy) is 1. The predicted molar refractivity (Wildman–Crippen MR) is 90.5 cm³/mol. The van der Waals surface area contributed by atoms with E-state index in [4.69, 9.17) is 15.7 Å². The summed E-state index contributed by atoms with van der Waals surface area (Å²) in [7, 11) is 0. The van der Waals surface area contributed by atoms with E-state index in [1.165, 1.54) is 0 Å². The Bertz CT molecular complexity index is 752. The predicted octanol–water partition coefficient (Wildman–Crippen LogP) is 2.63. The molecule has 24 heavy (non-hydrogen) atoms. The second kappa shape index (κ2) is 6.91. The first-order chi connectivity index (χ1) is 11.3. The lowest BCUT2D eigenvalue weighted by Crippen LogP contribution is -2.32. The van der Waals surface area contributed by atoms with E-state index in [-0.39, 0.29) is 11.4 Å². The van der Waals surface area contributed by atoms with Crippen molar-refractivity contribution in [3.8, 4) is 6.07 Å². The third-order valence-electron chi connectivity index (χ3n) is 2.96. The summed E-state index contributed by atoms with van der Waals surface area (Å²) in [4.78, 5) is 11.6. The van der Waals surface area contributed by atoms with Gasteiger partial charge in [-0.05, 0) is 38.5 Å². The van der Waals surface area contributed by atoms with E-state index in [0.717, 1.165) is 11.3 Å². The molecule has 126 valence electrons. The Morgan fingerprint density at radius 1 is 1.38 bits per heavy atom. The number of alkyl carbamates (subject to hydrolysis) is 1. The van der Waals surface area contributed by atoms with Crippen LogP contribution in [0.15, 0.2) is 24.3 Å². The minimum absolute atomic E-state index is 0.221. The second-order valence-electron chi connectivity index (χ2n) is 6.15. The third kappa shape index (κ3) is 4.64. The lowest BCUT2D eigenvalue weighted by molar-refractivity contribution is 0.0523. The number of nitriles is 1. The molecule has 0 bridgehead atoms. The van der Waals surface area contributed by atoms with Crippen LogP contribution in [-0.4, -0.2) is 21.9 Å². The molecule has 0 aliphatic rings. The van der Waals surface area contributed by atoms with E-state index < -0.39 is 11.7 Å². The number of hydrogen-bond donors (Lipinski definition) is 4. The molecule has 0 saturated heterocycles. The zero-order valence-corrected chi connectivity index (χ0v) is 13.8. The maximum Gasteiger partial charge on any atom is 0.407 e. The number of rotatable bonds is 4. The van der Waals surface area contributed by atoms with Crippen LogP contribution in [0.3, 0.4) is 0 Å². The van der Waals surface area contributed by atoms with E-state index in [1.54, 1.807) is 0 Å². The summed E-state index contributed by atoms with van der Waals surface area (Å²) in [5.41, 5.74) is 7.01. The van der Waals surface area contributed by atoms with E-state index >= 15 is 0 Å². The Hall–Kier alpha value is -3.21. The number of carbonyl (C=O) groups excluding carboxylic acids is 1. The zero-order valence-electron chi connectivity index (χ0n) is 13.8. The van der Waals surface area contributed by atoms with Crippen molar-refractivity contribution in [1.82, 2.24) is 15.5 Å². The van der Waals surface area contributed by atoms with Gasteiger partial charge in [0.2, 0.25) is 0 Å². The first-order valence-corrected chi connectivity index (χ1v) is 7.35. The molecule has 1 heterocycles. The number of nitrogen functional groups attached to an aromatic ring is 1. The molecule has 0 aliphatic carbocycles. The molecule has 1 amide bonds. The van der Waals surface area contributed by atoms with Crippen LogP contribution in [0, 0.1) is 11.3 Å². The van der Waals surface area contributed by atoms with E-state index in [2.05, 4.69) is 20.8 Å². The highest BCUT2D eigenvalue weighted by Crippen LogP contribution is 2.22. The Kier molecular flexibility index (Phi) is 4.94. The summed E-state index contributed by atoms with van der Waals surface area (Å²) in [5, 5.41) is 21.2. The van der Waals surface area contributed by atoms with Gasteiger partial charge < -0.3 is 21.1 Å². The number of H-pyrrole nitrogens is 1. The standard InChI is InChI=1S/C16H20N6O2/c1-16(2,3)24-15(23)19-9-10-4-6-11(7-5-10)20-14-12(8-17)13(18)21-22-14/h4-7H,9H2,1-3H3,(H,19,23)(H4,18,20,21,22). The number of amides is 1. The van der Waals surface area contributed by atoms with Crippen molar-refractivity contribution in [2.75, 3.05) is 11.1 Å². The van der Waals surface area contributed by atoms with Gasteiger partial charge in [0.15, 0.2) is 5.82 Å². The van der Waals surface area contributed by atoms with Gasteiger partial charge in [-0.15, -0.1) is 0 Å². The summed E-state index contributed by atoms with van der Waals surface area (Å²) >= 11 is 0. The van der Waals surface area contributed by atoms with Gasteiger partial charge >= 0.3 is 6.09 Å². The molecule has 8 nitrogen and oxygen atoms in total. The quantitative estimate of drug-likeness (QED) is 0.683. The fourth-order valence-electron chi connectivity index (χ4n) is 1.89. The van der Waals surface area contributed by atoms with Crippen LogP contribution in [0.2, 0.25) is 0 Å². The van der Waals surface area contributed by atoms with Gasteiger partial charge in [-0.1, -0.05) is 12.1 Å². The van der Waals surface area contributed by atoms with Crippen LogP contribution in [0.5, 0.6) is 0 Å². The van der Waals surface area contributed by atoms with E-state index in [0.29, 0.717) is 12.4 Å². The van der Waals surface area contributed by atoms with Gasteiger partial charge in [-0.3, -0.25) is 5.10 Å². The van der Waals surface area contributed by atoms with Gasteiger partial charge in [0.25, 0.3) is 0 Å². The van der Waals surface area contributed by atoms with Crippen molar-refractivity contribution in [1.29, 1.82) is 5.26 Å². The lowest BCUT2D eigenvalue weighted by atomic mass is 10.2. The number of anilines is 3. The molecule has 5 N–H and O–H groups in total. The Balaban J connectivity index is 1.94. The van der Waals surface area contributed by atoms with Crippen molar-refractivity contribution in [3.05, 3.63) is 35.4 Å². The van der Waals surface area contributed by atoms with Gasteiger partial charge in [-0.2, -0.15) is 10.4 Å². The van der Waals surface area contributed by atoms with Crippen LogP contribution in [-0.2, 0) is 11.3 Å². The molecule has 0 atom stereocenters. The van der Waals surface area contributed by atoms with Gasteiger partial charge in [0.1, 0.15) is 23.1 Å². The van der Waals surface area contributed by atoms with Crippen LogP contribution < -0.4 is 16.4 Å². The molecule has 0 aliphatic heterocycles. The zero-order chi connectivity index (χ0) is 17.7. The number of carbonyl (C=O) groups is 1. The minimum Gasteiger partial charge on any atom is -0.444 e. The van der Waals surface area contributed by atoms with E-state index in [1.807, 2.05) is 51.1 Å². The number of hydrogen-bond acceptors (Lipinski definition) is 6. The molecule has 2 aromatic rings. The summed E-state index contributed by atoms with van der Waals surface area (Å²) in [6.45, 7) is 5.78. The lowest BCUT2D eigenvalue weighted by Gasteiger charge is -2.19. The first kappa shape index (κ1) is 17.1. The highest BCUT2D eigenvalue weighted by Gasteiger charge is 2.15. The third-order valence-corrected chi connectivity index (χ3v) is 2.96.